The third kappa shape index (κ3) is 4.47. The lowest BCUT2D eigenvalue weighted by Gasteiger charge is -2.34. The minimum atomic E-state index is -0.376. The Morgan fingerprint density at radius 1 is 1.10 bits per heavy atom. The first-order valence-corrected chi connectivity index (χ1v) is 10.3. The van der Waals surface area contributed by atoms with Gasteiger partial charge in [0.05, 0.1) is 0 Å². The molecule has 1 aliphatic rings. The van der Waals surface area contributed by atoms with Crippen molar-refractivity contribution in [1.29, 1.82) is 0 Å². The SMILES string of the molecule is CC1=CC(c2c(O)cc(O)c(C(=O)CCc3ccccc3)c2O)[C@H](C(C)C)CC1. The molecule has 2 aromatic carbocycles. The Balaban J connectivity index is 1.97. The van der Waals surface area contributed by atoms with Crippen LogP contribution in [-0.2, 0) is 6.42 Å². The Morgan fingerprint density at radius 3 is 2.45 bits per heavy atom. The van der Waals surface area contributed by atoms with E-state index in [1.54, 1.807) is 0 Å². The number of benzene rings is 2. The molecule has 3 rings (SSSR count). The van der Waals surface area contributed by atoms with E-state index < -0.39 is 0 Å². The number of Topliss-reactive ketones (excluding diaryl/α,β-unsaturated/α-hetero) is 1. The van der Waals surface area contributed by atoms with Crippen LogP contribution >= 0.6 is 0 Å². The first kappa shape index (κ1) is 21.0. The first-order valence-electron chi connectivity index (χ1n) is 10.3. The van der Waals surface area contributed by atoms with Crippen LogP contribution in [-0.4, -0.2) is 21.1 Å². The maximum atomic E-state index is 12.9. The zero-order valence-electron chi connectivity index (χ0n) is 17.4. The normalized spacial score (nSPS) is 19.2. The summed E-state index contributed by atoms with van der Waals surface area (Å²) in [5, 5.41) is 31.9. The fourth-order valence-corrected chi connectivity index (χ4v) is 4.42. The highest BCUT2D eigenvalue weighted by Crippen LogP contribution is 2.49. The lowest BCUT2D eigenvalue weighted by atomic mass is 9.71. The molecule has 3 N–H and O–H groups in total. The van der Waals surface area contributed by atoms with Crippen molar-refractivity contribution in [2.45, 2.75) is 52.4 Å². The fraction of sp³-hybridized carbons (Fsp3) is 0.400. The van der Waals surface area contributed by atoms with E-state index in [4.69, 9.17) is 0 Å². The molecule has 0 saturated carbocycles. The van der Waals surface area contributed by atoms with E-state index in [0.29, 0.717) is 17.9 Å². The summed E-state index contributed by atoms with van der Waals surface area (Å²) in [4.78, 5) is 12.9. The Labute approximate surface area is 172 Å². The highest BCUT2D eigenvalue weighted by Gasteiger charge is 2.34. The molecule has 29 heavy (non-hydrogen) atoms. The molecule has 0 aliphatic heterocycles. The summed E-state index contributed by atoms with van der Waals surface area (Å²) in [6, 6.07) is 10.8. The molecule has 4 nitrogen and oxygen atoms in total. The van der Waals surface area contributed by atoms with Crippen LogP contribution in [0, 0.1) is 11.8 Å². The molecular formula is C25H30O4. The standard InChI is InChI=1S/C25H30O4/c1-15(2)18-11-9-16(3)13-19(18)23-21(27)14-22(28)24(25(23)29)20(26)12-10-17-7-5-4-6-8-17/h4-8,13-15,18-19,27-29H,9-12H2,1-3H3/t18-,19?/m0/s1. The molecule has 0 amide bonds. The predicted octanol–water partition coefficient (Wildman–Crippen LogP) is 5.71. The number of carbonyl (C=O) groups is 1. The smallest absolute Gasteiger partial charge is 0.170 e. The van der Waals surface area contributed by atoms with Crippen LogP contribution in [0.1, 0.15) is 67.4 Å². The topological polar surface area (TPSA) is 77.8 Å². The summed E-state index contributed by atoms with van der Waals surface area (Å²) >= 11 is 0. The van der Waals surface area contributed by atoms with Crippen molar-refractivity contribution in [2.24, 2.45) is 11.8 Å². The maximum absolute atomic E-state index is 12.9. The highest BCUT2D eigenvalue weighted by molar-refractivity contribution is 6.02. The van der Waals surface area contributed by atoms with Gasteiger partial charge in [0.2, 0.25) is 0 Å². The van der Waals surface area contributed by atoms with Gasteiger partial charge in [0.1, 0.15) is 22.8 Å². The number of phenolic OH excluding ortho intramolecular Hbond substituents is 3. The average molecular weight is 395 g/mol. The number of rotatable bonds is 6. The molecule has 0 saturated heterocycles. The van der Waals surface area contributed by atoms with Crippen LogP contribution in [0.4, 0.5) is 0 Å². The lowest BCUT2D eigenvalue weighted by Crippen LogP contribution is -2.21. The summed E-state index contributed by atoms with van der Waals surface area (Å²) in [6.07, 6.45) is 4.72. The summed E-state index contributed by atoms with van der Waals surface area (Å²) in [6.45, 7) is 6.31. The van der Waals surface area contributed by atoms with Crippen molar-refractivity contribution in [1.82, 2.24) is 0 Å². The molecule has 0 aromatic heterocycles. The van der Waals surface area contributed by atoms with E-state index in [2.05, 4.69) is 19.9 Å². The second kappa shape index (κ2) is 8.73. The van der Waals surface area contributed by atoms with E-state index in [-0.39, 0.29) is 46.9 Å². The van der Waals surface area contributed by atoms with E-state index in [0.717, 1.165) is 18.4 Å². The monoisotopic (exact) mass is 394 g/mol. The Morgan fingerprint density at radius 2 is 1.79 bits per heavy atom. The Hall–Kier alpha value is -2.75. The number of hydrogen-bond acceptors (Lipinski definition) is 4. The third-order valence-electron chi connectivity index (χ3n) is 6.05. The Kier molecular flexibility index (Phi) is 6.31. The molecule has 0 heterocycles. The van der Waals surface area contributed by atoms with Gasteiger partial charge in [0, 0.05) is 24.0 Å². The molecule has 154 valence electrons. The molecule has 0 spiro atoms. The van der Waals surface area contributed by atoms with Gasteiger partial charge in [-0.3, -0.25) is 4.79 Å². The molecule has 0 bridgehead atoms. The fourth-order valence-electron chi connectivity index (χ4n) is 4.42. The maximum Gasteiger partial charge on any atom is 0.170 e. The molecule has 0 radical (unpaired) electrons. The number of aromatic hydroxyl groups is 3. The van der Waals surface area contributed by atoms with Crippen molar-refractivity contribution in [3.8, 4) is 17.2 Å². The van der Waals surface area contributed by atoms with Crippen LogP contribution in [0.2, 0.25) is 0 Å². The zero-order chi connectivity index (χ0) is 21.1. The molecule has 0 fully saturated rings. The average Bonchev–Trinajstić information content (AvgIpc) is 2.66. The largest absolute Gasteiger partial charge is 0.507 e. The molecule has 1 aliphatic carbocycles. The van der Waals surface area contributed by atoms with Gasteiger partial charge < -0.3 is 15.3 Å². The van der Waals surface area contributed by atoms with Crippen LogP contribution in [0.5, 0.6) is 17.2 Å². The van der Waals surface area contributed by atoms with Crippen LogP contribution in [0.25, 0.3) is 0 Å². The second-order valence-corrected chi connectivity index (χ2v) is 8.45. The van der Waals surface area contributed by atoms with Gasteiger partial charge >= 0.3 is 0 Å². The van der Waals surface area contributed by atoms with Crippen LogP contribution < -0.4 is 0 Å². The van der Waals surface area contributed by atoms with E-state index in [1.165, 1.54) is 11.6 Å². The molecule has 2 aromatic rings. The van der Waals surface area contributed by atoms with Crippen molar-refractivity contribution in [3.63, 3.8) is 0 Å². The lowest BCUT2D eigenvalue weighted by molar-refractivity contribution is 0.0977. The highest BCUT2D eigenvalue weighted by atomic mass is 16.3. The van der Waals surface area contributed by atoms with Gasteiger partial charge in [-0.2, -0.15) is 0 Å². The number of aryl methyl sites for hydroxylation is 1. The Bertz CT molecular complexity index is 912. The second-order valence-electron chi connectivity index (χ2n) is 8.45. The van der Waals surface area contributed by atoms with Gasteiger partial charge in [0.15, 0.2) is 5.78 Å². The van der Waals surface area contributed by atoms with Gasteiger partial charge in [-0.25, -0.2) is 0 Å². The zero-order valence-corrected chi connectivity index (χ0v) is 17.4. The van der Waals surface area contributed by atoms with Gasteiger partial charge in [-0.1, -0.05) is 55.8 Å². The summed E-state index contributed by atoms with van der Waals surface area (Å²) < 4.78 is 0. The molecule has 2 atom stereocenters. The van der Waals surface area contributed by atoms with E-state index in [1.807, 2.05) is 37.3 Å². The number of allylic oxidation sites excluding steroid dienone is 2. The van der Waals surface area contributed by atoms with Crippen molar-refractivity contribution in [3.05, 3.63) is 64.7 Å². The first-order chi connectivity index (χ1) is 13.8. The quantitative estimate of drug-likeness (QED) is 0.433. The summed E-state index contributed by atoms with van der Waals surface area (Å²) in [7, 11) is 0. The molecular weight excluding hydrogens is 364 g/mol. The van der Waals surface area contributed by atoms with Gasteiger partial charge in [-0.15, -0.1) is 0 Å². The number of phenols is 3. The molecule has 1 unspecified atom stereocenters. The van der Waals surface area contributed by atoms with Crippen LogP contribution in [0.3, 0.4) is 0 Å². The minimum absolute atomic E-state index is 0.0899. The summed E-state index contributed by atoms with van der Waals surface area (Å²) in [5.74, 6) is -0.753. The van der Waals surface area contributed by atoms with Gasteiger partial charge in [0.25, 0.3) is 0 Å². The third-order valence-corrected chi connectivity index (χ3v) is 6.05. The van der Waals surface area contributed by atoms with Gasteiger partial charge in [-0.05, 0) is 43.6 Å². The number of carbonyl (C=O) groups excluding carboxylic acids is 1. The van der Waals surface area contributed by atoms with Crippen molar-refractivity contribution in [2.75, 3.05) is 0 Å². The minimum Gasteiger partial charge on any atom is -0.507 e. The summed E-state index contributed by atoms with van der Waals surface area (Å²) in [5.41, 5.74) is 2.48. The number of hydrogen-bond donors (Lipinski definition) is 3. The predicted molar refractivity (Wildman–Crippen MR) is 115 cm³/mol. The van der Waals surface area contributed by atoms with E-state index in [9.17, 15) is 20.1 Å². The van der Waals surface area contributed by atoms with Crippen molar-refractivity contribution >= 4 is 5.78 Å². The van der Waals surface area contributed by atoms with E-state index >= 15 is 0 Å². The number of ketones is 1. The molecule has 4 heteroatoms. The van der Waals surface area contributed by atoms with Crippen molar-refractivity contribution < 1.29 is 20.1 Å². The van der Waals surface area contributed by atoms with Crippen LogP contribution in [0.15, 0.2) is 48.0 Å².